The van der Waals surface area contributed by atoms with Gasteiger partial charge in [-0.25, -0.2) is 0 Å². The highest BCUT2D eigenvalue weighted by molar-refractivity contribution is 6.30. The van der Waals surface area contributed by atoms with Crippen molar-refractivity contribution < 1.29 is 19.4 Å². The summed E-state index contributed by atoms with van der Waals surface area (Å²) in [5.74, 6) is -2.46. The number of rotatable bonds is 5. The topological polar surface area (TPSA) is 89.6 Å². The third kappa shape index (κ3) is 5.73. The molecular formula is C15H20ClNO4. The fourth-order valence-corrected chi connectivity index (χ4v) is 2.04. The van der Waals surface area contributed by atoms with Gasteiger partial charge in [0.25, 0.3) is 0 Å². The Morgan fingerprint density at radius 1 is 1.29 bits per heavy atom. The van der Waals surface area contributed by atoms with E-state index < -0.39 is 29.5 Å². The summed E-state index contributed by atoms with van der Waals surface area (Å²) in [4.78, 5) is 23.2. The third-order valence-electron chi connectivity index (χ3n) is 2.73. The minimum Gasteiger partial charge on any atom is -0.481 e. The first kappa shape index (κ1) is 17.5. The van der Waals surface area contributed by atoms with Crippen LogP contribution in [0.4, 0.5) is 0 Å². The van der Waals surface area contributed by atoms with E-state index in [4.69, 9.17) is 27.2 Å². The van der Waals surface area contributed by atoms with E-state index in [0.29, 0.717) is 10.6 Å². The summed E-state index contributed by atoms with van der Waals surface area (Å²) in [5.41, 5.74) is 5.80. The van der Waals surface area contributed by atoms with E-state index >= 15 is 0 Å². The van der Waals surface area contributed by atoms with Crippen molar-refractivity contribution in [1.82, 2.24) is 0 Å². The lowest BCUT2D eigenvalue weighted by Crippen LogP contribution is -2.39. The summed E-state index contributed by atoms with van der Waals surface area (Å²) in [6.07, 6.45) is -0.327. The van der Waals surface area contributed by atoms with E-state index in [0.717, 1.165) is 0 Å². The average Bonchev–Trinajstić information content (AvgIpc) is 2.28. The van der Waals surface area contributed by atoms with Crippen LogP contribution in [0.1, 0.15) is 38.7 Å². The van der Waals surface area contributed by atoms with Crippen LogP contribution >= 0.6 is 11.6 Å². The van der Waals surface area contributed by atoms with Gasteiger partial charge in [-0.1, -0.05) is 23.7 Å². The monoisotopic (exact) mass is 313 g/mol. The minimum absolute atomic E-state index is 0.327. The average molecular weight is 314 g/mol. The summed E-state index contributed by atoms with van der Waals surface area (Å²) < 4.78 is 5.34. The molecule has 1 aromatic rings. The van der Waals surface area contributed by atoms with Crippen molar-refractivity contribution in [2.45, 2.75) is 44.8 Å². The quantitative estimate of drug-likeness (QED) is 0.815. The molecule has 1 aromatic carbocycles. The van der Waals surface area contributed by atoms with Gasteiger partial charge >= 0.3 is 11.9 Å². The Morgan fingerprint density at radius 3 is 2.24 bits per heavy atom. The van der Waals surface area contributed by atoms with Crippen LogP contribution in [-0.4, -0.2) is 28.7 Å². The molecule has 0 spiro atoms. The van der Waals surface area contributed by atoms with Crippen LogP contribution in [-0.2, 0) is 14.3 Å². The summed E-state index contributed by atoms with van der Waals surface area (Å²) >= 11 is 5.82. The molecule has 0 fully saturated rings. The zero-order valence-corrected chi connectivity index (χ0v) is 13.1. The van der Waals surface area contributed by atoms with Crippen molar-refractivity contribution in [2.75, 3.05) is 0 Å². The fourth-order valence-electron chi connectivity index (χ4n) is 1.91. The highest BCUT2D eigenvalue weighted by Gasteiger charge is 2.32. The van der Waals surface area contributed by atoms with Gasteiger partial charge in [0, 0.05) is 11.1 Å². The van der Waals surface area contributed by atoms with Crippen molar-refractivity contribution in [3.63, 3.8) is 0 Å². The molecule has 0 heterocycles. The number of hydrogen-bond acceptors (Lipinski definition) is 4. The Kier molecular flexibility index (Phi) is 5.75. The molecule has 0 aromatic heterocycles. The summed E-state index contributed by atoms with van der Waals surface area (Å²) in [6, 6.07) is 5.68. The minimum atomic E-state index is -1.06. The van der Waals surface area contributed by atoms with E-state index in [1.807, 2.05) is 0 Å². The second-order valence-electron chi connectivity index (χ2n) is 5.82. The molecule has 5 nitrogen and oxygen atoms in total. The molecule has 0 unspecified atom stereocenters. The molecule has 3 N–H and O–H groups in total. The Balaban J connectivity index is 3.07. The van der Waals surface area contributed by atoms with Crippen LogP contribution in [0.5, 0.6) is 0 Å². The van der Waals surface area contributed by atoms with Gasteiger partial charge in [0.1, 0.15) is 5.60 Å². The zero-order valence-electron chi connectivity index (χ0n) is 12.3. The van der Waals surface area contributed by atoms with E-state index in [9.17, 15) is 9.59 Å². The molecule has 116 valence electrons. The predicted octanol–water partition coefficient (Wildman–Crippen LogP) is 2.57. The van der Waals surface area contributed by atoms with E-state index in [-0.39, 0.29) is 6.42 Å². The highest BCUT2D eigenvalue weighted by atomic mass is 35.5. The number of ether oxygens (including phenoxy) is 1. The van der Waals surface area contributed by atoms with Gasteiger partial charge in [-0.05, 0) is 38.5 Å². The van der Waals surface area contributed by atoms with Crippen LogP contribution < -0.4 is 5.73 Å². The molecule has 21 heavy (non-hydrogen) atoms. The first-order valence-corrected chi connectivity index (χ1v) is 6.93. The number of carbonyl (C=O) groups excluding carboxylic acids is 1. The number of hydrogen-bond donors (Lipinski definition) is 2. The summed E-state index contributed by atoms with van der Waals surface area (Å²) in [5, 5.41) is 9.41. The molecular weight excluding hydrogens is 294 g/mol. The van der Waals surface area contributed by atoms with Crippen molar-refractivity contribution in [1.29, 1.82) is 0 Å². The number of halogens is 1. The maximum absolute atomic E-state index is 12.3. The smallest absolute Gasteiger partial charge is 0.315 e. The number of benzene rings is 1. The number of carboxylic acids is 1. The van der Waals surface area contributed by atoms with Crippen molar-refractivity contribution in [3.8, 4) is 0 Å². The van der Waals surface area contributed by atoms with Gasteiger partial charge in [0.15, 0.2) is 0 Å². The highest BCUT2D eigenvalue weighted by Crippen LogP contribution is 2.26. The maximum atomic E-state index is 12.3. The molecule has 0 aliphatic rings. The van der Waals surface area contributed by atoms with Gasteiger partial charge in [-0.2, -0.15) is 0 Å². The second kappa shape index (κ2) is 6.91. The predicted molar refractivity (Wildman–Crippen MR) is 80.3 cm³/mol. The first-order chi connectivity index (χ1) is 9.60. The van der Waals surface area contributed by atoms with Crippen molar-refractivity contribution >= 4 is 23.5 Å². The molecule has 0 amide bonds. The fraction of sp³-hybridized carbons (Fsp3) is 0.467. The first-order valence-electron chi connectivity index (χ1n) is 6.56. The van der Waals surface area contributed by atoms with Crippen molar-refractivity contribution in [3.05, 3.63) is 34.9 Å². The number of aliphatic carboxylic acids is 1. The lowest BCUT2D eigenvalue weighted by atomic mass is 9.90. The largest absolute Gasteiger partial charge is 0.481 e. The normalized spacial score (nSPS) is 14.3. The van der Waals surface area contributed by atoms with Crippen LogP contribution in [0, 0.1) is 0 Å². The lowest BCUT2D eigenvalue weighted by Gasteiger charge is -2.27. The SMILES string of the molecule is CC(C)(C)OC(=O)[C@H](c1ccc(Cl)cc1)[C@H](N)CC(=O)O. The third-order valence-corrected chi connectivity index (χ3v) is 2.98. The van der Waals surface area contributed by atoms with Gasteiger partial charge in [-0.15, -0.1) is 0 Å². The molecule has 6 heteroatoms. The molecule has 0 saturated heterocycles. The Bertz CT molecular complexity index is 507. The van der Waals surface area contributed by atoms with Crippen LogP contribution in [0.15, 0.2) is 24.3 Å². The molecule has 0 aliphatic carbocycles. The van der Waals surface area contributed by atoms with E-state index in [1.54, 1.807) is 45.0 Å². The molecule has 1 rings (SSSR count). The number of esters is 1. The molecule has 0 radical (unpaired) electrons. The molecule has 0 bridgehead atoms. The number of carbonyl (C=O) groups is 2. The standard InChI is InChI=1S/C15H20ClNO4/c1-15(2,3)21-14(20)13(11(17)8-12(18)19)9-4-6-10(16)7-5-9/h4-7,11,13H,8,17H2,1-3H3,(H,18,19)/t11-,13-/m1/s1. The van der Waals surface area contributed by atoms with Gasteiger partial charge < -0.3 is 15.6 Å². The Labute approximate surface area is 129 Å². The van der Waals surface area contributed by atoms with Gasteiger partial charge in [0.05, 0.1) is 12.3 Å². The summed E-state index contributed by atoms with van der Waals surface area (Å²) in [6.45, 7) is 5.23. The number of carboxylic acid groups (broad SMARTS) is 1. The Hall–Kier alpha value is -1.59. The Morgan fingerprint density at radius 2 is 1.81 bits per heavy atom. The second-order valence-corrected chi connectivity index (χ2v) is 6.26. The lowest BCUT2D eigenvalue weighted by molar-refractivity contribution is -0.157. The van der Waals surface area contributed by atoms with Crippen LogP contribution in [0.25, 0.3) is 0 Å². The molecule has 0 aliphatic heterocycles. The number of nitrogens with two attached hydrogens (primary N) is 1. The van der Waals surface area contributed by atoms with Crippen molar-refractivity contribution in [2.24, 2.45) is 5.73 Å². The molecule has 0 saturated carbocycles. The van der Waals surface area contributed by atoms with Crippen LogP contribution in [0.2, 0.25) is 5.02 Å². The van der Waals surface area contributed by atoms with E-state index in [1.165, 1.54) is 0 Å². The van der Waals surface area contributed by atoms with Crippen LogP contribution in [0.3, 0.4) is 0 Å². The maximum Gasteiger partial charge on any atom is 0.315 e. The van der Waals surface area contributed by atoms with Gasteiger partial charge in [0.2, 0.25) is 0 Å². The van der Waals surface area contributed by atoms with Gasteiger partial charge in [-0.3, -0.25) is 9.59 Å². The summed E-state index contributed by atoms with van der Waals surface area (Å²) in [7, 11) is 0. The zero-order chi connectivity index (χ0) is 16.2. The van der Waals surface area contributed by atoms with E-state index in [2.05, 4.69) is 0 Å². The molecule has 2 atom stereocenters.